The van der Waals surface area contributed by atoms with Crippen LogP contribution < -0.4 is 20.3 Å². The Balaban J connectivity index is 1.82. The van der Waals surface area contributed by atoms with Crippen molar-refractivity contribution >= 4 is 46.1 Å². The lowest BCUT2D eigenvalue weighted by Crippen LogP contribution is -2.49. The van der Waals surface area contributed by atoms with Crippen LogP contribution in [0.15, 0.2) is 36.4 Å². The number of rotatable bonds is 12. The Morgan fingerprint density at radius 2 is 1.80 bits per heavy atom. The summed E-state index contributed by atoms with van der Waals surface area (Å²) < 4.78 is 30.2. The van der Waals surface area contributed by atoms with E-state index in [1.807, 2.05) is 20.8 Å². The molecule has 0 spiro atoms. The molecule has 0 radical (unpaired) electrons. The SMILES string of the molecule is COc1c(C(=O)Nc2ccc(CN(CCCCC(=O)O)[SH](=O)=O)cc2)cc(N2CCC(=O)NC2=O)cc1C(C)(C)C. The number of carbonyl (C=O) groups is 4. The van der Waals surface area contributed by atoms with Crippen LogP contribution >= 0.6 is 0 Å². The first-order chi connectivity index (χ1) is 19.3. The fourth-order valence-corrected chi connectivity index (χ4v) is 5.00. The second-order valence-electron chi connectivity index (χ2n) is 10.7. The molecule has 1 aliphatic heterocycles. The third-order valence-electron chi connectivity index (χ3n) is 6.56. The third kappa shape index (κ3) is 8.51. The van der Waals surface area contributed by atoms with Gasteiger partial charge in [-0.15, -0.1) is 0 Å². The minimum absolute atomic E-state index is 0.0201. The summed E-state index contributed by atoms with van der Waals surface area (Å²) in [5, 5.41) is 13.9. The van der Waals surface area contributed by atoms with Gasteiger partial charge in [0.15, 0.2) is 0 Å². The van der Waals surface area contributed by atoms with Gasteiger partial charge in [0.05, 0.1) is 12.7 Å². The zero-order valence-corrected chi connectivity index (χ0v) is 24.5. The van der Waals surface area contributed by atoms with Crippen molar-refractivity contribution < 1.29 is 37.4 Å². The molecular weight excluding hydrogens is 552 g/mol. The summed E-state index contributed by atoms with van der Waals surface area (Å²) in [5.41, 5.74) is 2.08. The number of nitrogens with one attached hydrogen (secondary N) is 2. The van der Waals surface area contributed by atoms with E-state index in [0.29, 0.717) is 41.1 Å². The molecular formula is C28H36N4O8S. The highest BCUT2D eigenvalue weighted by atomic mass is 32.2. The van der Waals surface area contributed by atoms with Crippen LogP contribution in [0, 0.1) is 0 Å². The highest BCUT2D eigenvalue weighted by Crippen LogP contribution is 2.38. The van der Waals surface area contributed by atoms with Crippen LogP contribution in [0.2, 0.25) is 0 Å². The van der Waals surface area contributed by atoms with Crippen LogP contribution in [-0.4, -0.2) is 61.8 Å². The summed E-state index contributed by atoms with van der Waals surface area (Å²) in [6.45, 7) is 6.37. The van der Waals surface area contributed by atoms with Crippen LogP contribution in [0.4, 0.5) is 16.2 Å². The van der Waals surface area contributed by atoms with Gasteiger partial charge in [-0.05, 0) is 48.1 Å². The van der Waals surface area contributed by atoms with E-state index in [0.717, 1.165) is 0 Å². The lowest BCUT2D eigenvalue weighted by Gasteiger charge is -2.30. The molecule has 12 nitrogen and oxygen atoms in total. The molecule has 0 saturated carbocycles. The van der Waals surface area contributed by atoms with Crippen molar-refractivity contribution in [1.82, 2.24) is 9.62 Å². The number of urea groups is 1. The minimum atomic E-state index is -2.85. The number of aliphatic carboxylic acids is 1. The number of anilines is 2. The number of carboxylic acid groups (broad SMARTS) is 1. The van der Waals surface area contributed by atoms with Crippen molar-refractivity contribution in [2.24, 2.45) is 0 Å². The minimum Gasteiger partial charge on any atom is -0.496 e. The van der Waals surface area contributed by atoms with E-state index in [1.165, 1.54) is 16.3 Å². The topological polar surface area (TPSA) is 162 Å². The molecule has 4 amide bonds. The first-order valence-electron chi connectivity index (χ1n) is 13.2. The first-order valence-corrected chi connectivity index (χ1v) is 14.3. The molecule has 1 saturated heterocycles. The second-order valence-corrected chi connectivity index (χ2v) is 11.7. The molecule has 1 fully saturated rings. The summed E-state index contributed by atoms with van der Waals surface area (Å²) in [6.07, 6.45) is 0.920. The van der Waals surface area contributed by atoms with Crippen molar-refractivity contribution in [1.29, 1.82) is 0 Å². The highest BCUT2D eigenvalue weighted by molar-refractivity contribution is 7.69. The zero-order chi connectivity index (χ0) is 30.3. The average Bonchev–Trinajstić information content (AvgIpc) is 2.89. The smallest absolute Gasteiger partial charge is 0.328 e. The molecule has 3 rings (SSSR count). The van der Waals surface area contributed by atoms with Crippen LogP contribution in [-0.2, 0) is 32.4 Å². The number of methoxy groups -OCH3 is 1. The summed E-state index contributed by atoms with van der Waals surface area (Å²) in [4.78, 5) is 49.8. The summed E-state index contributed by atoms with van der Waals surface area (Å²) in [5.74, 6) is -1.39. The number of hydrogen-bond acceptors (Lipinski definition) is 7. The van der Waals surface area contributed by atoms with E-state index in [1.54, 1.807) is 36.4 Å². The van der Waals surface area contributed by atoms with E-state index < -0.39 is 34.2 Å². The van der Waals surface area contributed by atoms with Gasteiger partial charge in [0.25, 0.3) is 5.91 Å². The van der Waals surface area contributed by atoms with Crippen molar-refractivity contribution in [3.05, 3.63) is 53.1 Å². The number of carbonyl (C=O) groups excluding carboxylic acids is 3. The number of imide groups is 1. The van der Waals surface area contributed by atoms with Gasteiger partial charge in [0.2, 0.25) is 16.8 Å². The molecule has 1 aliphatic rings. The lowest BCUT2D eigenvalue weighted by atomic mass is 9.84. The molecule has 3 N–H and O–H groups in total. The molecule has 222 valence electrons. The van der Waals surface area contributed by atoms with Gasteiger partial charge in [-0.3, -0.25) is 24.6 Å². The predicted octanol–water partition coefficient (Wildman–Crippen LogP) is 3.27. The molecule has 2 aromatic rings. The number of nitrogens with zero attached hydrogens (tertiary/aromatic N) is 2. The molecule has 0 bridgehead atoms. The normalized spacial score (nSPS) is 13.9. The molecule has 13 heteroatoms. The average molecular weight is 589 g/mol. The number of carboxylic acids is 1. The second kappa shape index (κ2) is 13.6. The van der Waals surface area contributed by atoms with E-state index in [2.05, 4.69) is 10.6 Å². The van der Waals surface area contributed by atoms with Crippen molar-refractivity contribution in [2.75, 3.05) is 30.4 Å². The van der Waals surface area contributed by atoms with Crippen LogP contribution in [0.1, 0.15) is 67.9 Å². The van der Waals surface area contributed by atoms with E-state index in [-0.39, 0.29) is 43.9 Å². The van der Waals surface area contributed by atoms with Gasteiger partial charge in [-0.2, -0.15) is 4.31 Å². The highest BCUT2D eigenvalue weighted by Gasteiger charge is 2.30. The monoisotopic (exact) mass is 588 g/mol. The van der Waals surface area contributed by atoms with Gasteiger partial charge in [-0.25, -0.2) is 13.2 Å². The number of unbranched alkanes of at least 4 members (excludes halogenated alkanes) is 1. The maximum atomic E-state index is 13.5. The first kappa shape index (κ1) is 31.6. The van der Waals surface area contributed by atoms with Crippen LogP contribution in [0.5, 0.6) is 5.75 Å². The lowest BCUT2D eigenvalue weighted by molar-refractivity contribution is -0.137. The molecule has 0 aliphatic carbocycles. The van der Waals surface area contributed by atoms with Gasteiger partial charge in [0, 0.05) is 49.4 Å². The van der Waals surface area contributed by atoms with Gasteiger partial charge >= 0.3 is 12.0 Å². The zero-order valence-electron chi connectivity index (χ0n) is 23.6. The Morgan fingerprint density at radius 1 is 1.12 bits per heavy atom. The number of benzene rings is 2. The largest absolute Gasteiger partial charge is 0.496 e. The Morgan fingerprint density at radius 3 is 2.37 bits per heavy atom. The fraction of sp³-hybridized carbons (Fsp3) is 0.429. The summed E-state index contributed by atoms with van der Waals surface area (Å²) >= 11 is 0. The molecule has 41 heavy (non-hydrogen) atoms. The number of amides is 4. The molecule has 0 aromatic heterocycles. The van der Waals surface area contributed by atoms with Crippen molar-refractivity contribution in [3.8, 4) is 5.75 Å². The quantitative estimate of drug-likeness (QED) is 0.217. The van der Waals surface area contributed by atoms with Gasteiger partial charge in [-0.1, -0.05) is 32.9 Å². The Labute approximate surface area is 240 Å². The number of hydrogen-bond donors (Lipinski definition) is 4. The van der Waals surface area contributed by atoms with Gasteiger partial charge in [0.1, 0.15) is 5.75 Å². The predicted molar refractivity (Wildman–Crippen MR) is 154 cm³/mol. The molecule has 0 atom stereocenters. The summed E-state index contributed by atoms with van der Waals surface area (Å²) in [7, 11) is -1.38. The van der Waals surface area contributed by atoms with Crippen molar-refractivity contribution in [2.45, 2.75) is 58.4 Å². The summed E-state index contributed by atoms with van der Waals surface area (Å²) in [6, 6.07) is 9.47. The van der Waals surface area contributed by atoms with E-state index in [9.17, 15) is 27.6 Å². The number of ether oxygens (including phenoxy) is 1. The Hall–Kier alpha value is -3.97. The molecule has 1 heterocycles. The van der Waals surface area contributed by atoms with Crippen LogP contribution in [0.25, 0.3) is 0 Å². The van der Waals surface area contributed by atoms with Gasteiger partial charge < -0.3 is 15.2 Å². The maximum Gasteiger partial charge on any atom is 0.328 e. The standard InChI is InChI=1S/C28H36N4O8S/c1-28(2,3)22-16-20(32-14-12-23(33)30-27(32)37)15-21(25(22)40-4)26(36)29-19-10-8-18(9-11-19)17-31(41(38)39)13-6-5-7-24(34)35/h8-11,15-16,41H,5-7,12-14,17H2,1-4H3,(H,29,36)(H,34,35)(H,30,33,37). The number of thiol groups is 1. The maximum absolute atomic E-state index is 13.5. The Kier molecular flexibility index (Phi) is 10.5. The Bertz CT molecular complexity index is 1370. The fourth-order valence-electron chi connectivity index (χ4n) is 4.42. The molecule has 0 unspecified atom stereocenters. The molecule has 2 aromatic carbocycles. The van der Waals surface area contributed by atoms with Crippen LogP contribution in [0.3, 0.4) is 0 Å². The van der Waals surface area contributed by atoms with Crippen molar-refractivity contribution in [3.63, 3.8) is 0 Å². The van der Waals surface area contributed by atoms with E-state index in [4.69, 9.17) is 9.84 Å². The third-order valence-corrected chi connectivity index (χ3v) is 7.36. The van der Waals surface area contributed by atoms with E-state index >= 15 is 0 Å².